The van der Waals surface area contributed by atoms with E-state index in [2.05, 4.69) is 312 Å². The van der Waals surface area contributed by atoms with Crippen LogP contribution in [0.3, 0.4) is 0 Å². The molecule has 1 aliphatic carbocycles. The summed E-state index contributed by atoms with van der Waals surface area (Å²) < 4.78 is 5.05. The van der Waals surface area contributed by atoms with E-state index in [0.29, 0.717) is 0 Å². The van der Waals surface area contributed by atoms with Crippen LogP contribution in [0.4, 0.5) is 0 Å². The topological polar surface area (TPSA) is 9.86 Å². The lowest BCUT2D eigenvalue weighted by molar-refractivity contribution is 0.768. The predicted octanol–water partition coefficient (Wildman–Crippen LogP) is 15.3. The van der Waals surface area contributed by atoms with Gasteiger partial charge in [-0.25, -0.2) is 0 Å². The van der Waals surface area contributed by atoms with E-state index in [9.17, 15) is 0 Å². The van der Waals surface area contributed by atoms with Crippen molar-refractivity contribution in [3.63, 3.8) is 0 Å². The fourth-order valence-electron chi connectivity index (χ4n) is 13.6. The van der Waals surface area contributed by atoms with Crippen LogP contribution in [0.15, 0.2) is 303 Å². The van der Waals surface area contributed by atoms with Crippen molar-refractivity contribution in [3.8, 4) is 33.6 Å². The van der Waals surface area contributed by atoms with Gasteiger partial charge in [-0.1, -0.05) is 261 Å². The Hall–Kier alpha value is -9.54. The number of nitrogens with zero attached hydrogens (tertiary/aromatic N) is 2. The summed E-state index contributed by atoms with van der Waals surface area (Å²) in [5, 5.41) is 10.3. The van der Waals surface area contributed by atoms with E-state index in [4.69, 9.17) is 0 Å². The van der Waals surface area contributed by atoms with E-state index in [0.717, 1.165) is 11.4 Å². The monoisotopic (exact) mass is 982 g/mol. The van der Waals surface area contributed by atoms with Crippen molar-refractivity contribution in [3.05, 3.63) is 326 Å². The van der Waals surface area contributed by atoms with Gasteiger partial charge >= 0.3 is 0 Å². The minimum atomic E-state index is -2.81. The fourth-order valence-corrected chi connectivity index (χ4v) is 18.4. The zero-order valence-electron chi connectivity index (χ0n) is 41.8. The van der Waals surface area contributed by atoms with Crippen LogP contribution in [0, 0.1) is 0 Å². The molecule has 2 aromatic heterocycles. The first-order valence-corrected chi connectivity index (χ1v) is 28.4. The van der Waals surface area contributed by atoms with Crippen molar-refractivity contribution < 1.29 is 0 Å². The average Bonchev–Trinajstić information content (AvgIpc) is 4.30. The fraction of sp³-hybridized carbons (Fsp3) is 0.0137. The zero-order valence-corrected chi connectivity index (χ0v) is 42.8. The van der Waals surface area contributed by atoms with Gasteiger partial charge in [-0.05, 0) is 108 Å². The smallest absolute Gasteiger partial charge is 0.179 e. The van der Waals surface area contributed by atoms with Crippen LogP contribution >= 0.6 is 0 Å². The van der Waals surface area contributed by atoms with Crippen molar-refractivity contribution in [2.24, 2.45) is 0 Å². The molecule has 1 aliphatic rings. The maximum atomic E-state index is 2.54. The highest BCUT2D eigenvalue weighted by atomic mass is 28.3. The van der Waals surface area contributed by atoms with E-state index < -0.39 is 13.5 Å². The van der Waals surface area contributed by atoms with E-state index in [1.54, 1.807) is 0 Å². The molecule has 0 aliphatic heterocycles. The molecule has 0 atom stereocenters. The highest BCUT2D eigenvalue weighted by Crippen LogP contribution is 2.59. The average molecular weight is 983 g/mol. The Labute approximate surface area is 443 Å². The Kier molecular flexibility index (Phi) is 10.2. The van der Waals surface area contributed by atoms with Crippen LogP contribution in [0.5, 0.6) is 0 Å². The van der Waals surface area contributed by atoms with Gasteiger partial charge in [0.1, 0.15) is 0 Å². The molecule has 0 N–H and O–H groups in total. The van der Waals surface area contributed by atoms with Gasteiger partial charge in [0, 0.05) is 27.2 Å². The quantitative estimate of drug-likeness (QED) is 0.101. The molecule has 15 rings (SSSR count). The number of aromatic nitrogens is 2. The second kappa shape index (κ2) is 17.6. The number of para-hydroxylation sites is 2. The van der Waals surface area contributed by atoms with Crippen molar-refractivity contribution >= 4 is 72.4 Å². The number of benzene rings is 12. The number of hydrogen-bond donors (Lipinski definition) is 0. The Morgan fingerprint density at radius 3 is 1.33 bits per heavy atom. The highest BCUT2D eigenvalue weighted by Gasteiger charge is 2.47. The molecule has 76 heavy (non-hydrogen) atoms. The van der Waals surface area contributed by atoms with Crippen LogP contribution in [-0.4, -0.2) is 17.2 Å². The molecule has 0 radical (unpaired) electrons. The Balaban J connectivity index is 0.971. The van der Waals surface area contributed by atoms with Crippen molar-refractivity contribution in [1.29, 1.82) is 0 Å². The summed E-state index contributed by atoms with van der Waals surface area (Å²) in [5.41, 5.74) is 16.7. The van der Waals surface area contributed by atoms with Crippen LogP contribution in [0.1, 0.15) is 22.3 Å². The molecule has 0 unspecified atom stereocenters. The van der Waals surface area contributed by atoms with Crippen molar-refractivity contribution in [2.45, 2.75) is 5.41 Å². The third-order valence-electron chi connectivity index (χ3n) is 16.5. The first-order chi connectivity index (χ1) is 37.8. The third kappa shape index (κ3) is 6.27. The lowest BCUT2D eigenvalue weighted by Gasteiger charge is -2.34. The molecule has 2 nitrogen and oxygen atoms in total. The van der Waals surface area contributed by atoms with Gasteiger partial charge in [0.2, 0.25) is 0 Å². The molecule has 2 heterocycles. The lowest BCUT2D eigenvalue weighted by atomic mass is 9.67. The van der Waals surface area contributed by atoms with Gasteiger partial charge in [-0.3, -0.25) is 0 Å². The molecule has 0 bridgehead atoms. The molecular weight excluding hydrogens is 933 g/mol. The van der Waals surface area contributed by atoms with Crippen LogP contribution in [0.2, 0.25) is 0 Å². The van der Waals surface area contributed by atoms with E-state index in [1.165, 1.54) is 109 Å². The van der Waals surface area contributed by atoms with Gasteiger partial charge in [0.05, 0.1) is 33.2 Å². The van der Waals surface area contributed by atoms with E-state index in [-0.39, 0.29) is 0 Å². The number of rotatable bonds is 9. The standard InChI is InChI=1S/C73H50N2Si/c1-6-26-51(27-7-1)73(52-28-8-2-9-29-52)63-43-19-16-38-60(63)70-58(41-23-44-64(70)73)59-42-24-47-67-71(59)61-39-17-21-46-66(61)75(67)69-49-25-48-68-72(69)62-40-18-20-45-65(62)74(68)53-30-22-37-57(50-53)76(54-31-10-3-11-32-54,55-33-12-4-13-34-55)56-35-14-5-15-36-56/h1-50H. The molecular formula is C73H50N2Si. The molecule has 0 amide bonds. The van der Waals surface area contributed by atoms with Gasteiger partial charge in [-0.2, -0.15) is 0 Å². The summed E-state index contributed by atoms with van der Waals surface area (Å²) in [6.45, 7) is 0. The minimum absolute atomic E-state index is 0.496. The largest absolute Gasteiger partial charge is 0.309 e. The number of fused-ring (bicyclic) bond motifs is 9. The summed E-state index contributed by atoms with van der Waals surface area (Å²) in [5.74, 6) is 0. The maximum Gasteiger partial charge on any atom is 0.179 e. The van der Waals surface area contributed by atoms with Gasteiger partial charge < -0.3 is 9.13 Å². The van der Waals surface area contributed by atoms with E-state index >= 15 is 0 Å². The number of hydrogen-bond acceptors (Lipinski definition) is 0. The Morgan fingerprint density at radius 1 is 0.276 bits per heavy atom. The summed E-state index contributed by atoms with van der Waals surface area (Å²) >= 11 is 0. The Bertz CT molecular complexity index is 4360. The molecule has 0 saturated carbocycles. The van der Waals surface area contributed by atoms with Gasteiger partial charge in [0.15, 0.2) is 8.07 Å². The second-order valence-electron chi connectivity index (χ2n) is 20.2. The second-order valence-corrected chi connectivity index (χ2v) is 24.0. The van der Waals surface area contributed by atoms with Crippen LogP contribution in [0.25, 0.3) is 77.2 Å². The third-order valence-corrected chi connectivity index (χ3v) is 21.3. The molecule has 0 spiro atoms. The Morgan fingerprint density at radius 2 is 0.697 bits per heavy atom. The summed E-state index contributed by atoms with van der Waals surface area (Å²) in [4.78, 5) is 0. The first kappa shape index (κ1) is 44.0. The summed E-state index contributed by atoms with van der Waals surface area (Å²) in [6, 6.07) is 113. The van der Waals surface area contributed by atoms with E-state index in [1.807, 2.05) is 0 Å². The van der Waals surface area contributed by atoms with Crippen molar-refractivity contribution in [1.82, 2.24) is 9.13 Å². The molecule has 14 aromatic rings. The van der Waals surface area contributed by atoms with Crippen LogP contribution < -0.4 is 20.7 Å². The minimum Gasteiger partial charge on any atom is -0.309 e. The van der Waals surface area contributed by atoms with Crippen LogP contribution in [-0.2, 0) is 5.41 Å². The molecule has 0 saturated heterocycles. The maximum absolute atomic E-state index is 2.81. The van der Waals surface area contributed by atoms with Crippen molar-refractivity contribution in [2.75, 3.05) is 0 Å². The molecule has 12 aromatic carbocycles. The highest BCUT2D eigenvalue weighted by molar-refractivity contribution is 7.19. The SMILES string of the molecule is c1ccc(C2(c3ccccc3)c3ccccc3-c3c(-c4cccc5c4c4ccccc4n5-c4cccc5c4c4ccccc4n5-c4cccc([Si](c5ccccc5)(c5ccccc5)c5ccccc5)c4)cccc32)cc1. The predicted molar refractivity (Wildman–Crippen MR) is 321 cm³/mol. The normalized spacial score (nSPS) is 12.8. The lowest BCUT2D eigenvalue weighted by Crippen LogP contribution is -2.74. The molecule has 3 heteroatoms. The first-order valence-electron chi connectivity index (χ1n) is 26.4. The van der Waals surface area contributed by atoms with Gasteiger partial charge in [-0.15, -0.1) is 0 Å². The summed E-state index contributed by atoms with van der Waals surface area (Å²) in [7, 11) is -2.81. The zero-order chi connectivity index (χ0) is 50.2. The van der Waals surface area contributed by atoms with Gasteiger partial charge in [0.25, 0.3) is 0 Å². The molecule has 356 valence electrons. The summed E-state index contributed by atoms with van der Waals surface area (Å²) in [6.07, 6.45) is 0. The molecule has 0 fully saturated rings.